The fraction of sp³-hybridized carbons (Fsp3) is 0.286. The van der Waals surface area contributed by atoms with Crippen LogP contribution in [0.25, 0.3) is 10.9 Å². The van der Waals surface area contributed by atoms with E-state index in [1.54, 1.807) is 0 Å². The van der Waals surface area contributed by atoms with Gasteiger partial charge >= 0.3 is 0 Å². The van der Waals surface area contributed by atoms with Gasteiger partial charge in [-0.05, 0) is 30.0 Å². The van der Waals surface area contributed by atoms with Gasteiger partial charge in [-0.2, -0.15) is 5.21 Å². The van der Waals surface area contributed by atoms with E-state index in [4.69, 9.17) is 0 Å². The molecular weight excluding hydrogens is 252 g/mol. The smallest absolute Gasteiger partial charge is 0.178 e. The van der Waals surface area contributed by atoms with Crippen molar-refractivity contribution >= 4 is 16.6 Å². The lowest BCUT2D eigenvalue weighted by Crippen LogP contribution is -2.12. The van der Waals surface area contributed by atoms with Crippen LogP contribution in [0.15, 0.2) is 24.4 Å². The Bertz CT molecular complexity index is 750. The summed E-state index contributed by atoms with van der Waals surface area (Å²) in [6.07, 6.45) is 4.94. The molecule has 0 spiro atoms. The van der Waals surface area contributed by atoms with Gasteiger partial charge in [-0.25, -0.2) is 0 Å². The van der Waals surface area contributed by atoms with Crippen molar-refractivity contribution in [1.29, 1.82) is 0 Å². The van der Waals surface area contributed by atoms with Crippen molar-refractivity contribution in [3.05, 3.63) is 41.3 Å². The fourth-order valence-electron chi connectivity index (χ4n) is 2.72. The summed E-state index contributed by atoms with van der Waals surface area (Å²) in [7, 11) is 0. The number of nitrogens with zero attached hydrogens (tertiary/aromatic N) is 4. The number of benzene rings is 1. The van der Waals surface area contributed by atoms with E-state index >= 15 is 0 Å². The van der Waals surface area contributed by atoms with E-state index in [9.17, 15) is 0 Å². The zero-order valence-electron chi connectivity index (χ0n) is 10.9. The van der Waals surface area contributed by atoms with E-state index < -0.39 is 0 Å². The van der Waals surface area contributed by atoms with Crippen LogP contribution in [0.4, 0.5) is 5.69 Å². The van der Waals surface area contributed by atoms with E-state index in [1.165, 1.54) is 23.1 Å². The molecule has 0 saturated heterocycles. The Balaban J connectivity index is 1.76. The number of fused-ring (bicyclic) bond motifs is 3. The summed E-state index contributed by atoms with van der Waals surface area (Å²) in [4.78, 5) is 4.58. The van der Waals surface area contributed by atoms with Crippen LogP contribution < -0.4 is 5.32 Å². The zero-order valence-corrected chi connectivity index (χ0v) is 10.9. The van der Waals surface area contributed by atoms with Gasteiger partial charge in [0.05, 0.1) is 5.52 Å². The third kappa shape index (κ3) is 1.89. The van der Waals surface area contributed by atoms with Crippen LogP contribution in [0.3, 0.4) is 0 Å². The van der Waals surface area contributed by atoms with Gasteiger partial charge < -0.3 is 5.32 Å². The highest BCUT2D eigenvalue weighted by Gasteiger charge is 2.13. The van der Waals surface area contributed by atoms with Gasteiger partial charge in [-0.15, -0.1) is 10.2 Å². The summed E-state index contributed by atoms with van der Waals surface area (Å²) >= 11 is 0. The van der Waals surface area contributed by atoms with Crippen LogP contribution in [0.5, 0.6) is 0 Å². The number of aromatic amines is 1. The van der Waals surface area contributed by atoms with Crippen LogP contribution in [-0.2, 0) is 12.8 Å². The Morgan fingerprint density at radius 1 is 1.25 bits per heavy atom. The molecule has 20 heavy (non-hydrogen) atoms. The highest BCUT2D eigenvalue weighted by molar-refractivity contribution is 5.93. The van der Waals surface area contributed by atoms with Gasteiger partial charge in [0.1, 0.15) is 0 Å². The average Bonchev–Trinajstić information content (AvgIpc) is 3.00. The number of tetrazole rings is 1. The molecular formula is C14H14N6. The maximum atomic E-state index is 4.58. The molecule has 3 aromatic rings. The number of hydrogen-bond acceptors (Lipinski definition) is 5. The van der Waals surface area contributed by atoms with Gasteiger partial charge in [0.2, 0.25) is 0 Å². The molecule has 0 amide bonds. The molecule has 0 aliphatic carbocycles. The minimum absolute atomic E-state index is 0.665. The number of rotatable bonds is 2. The van der Waals surface area contributed by atoms with E-state index in [-0.39, 0.29) is 0 Å². The van der Waals surface area contributed by atoms with Crippen LogP contribution in [-0.4, -0.2) is 32.2 Å². The highest BCUT2D eigenvalue weighted by atomic mass is 15.5. The number of aromatic nitrogens is 5. The van der Waals surface area contributed by atoms with Gasteiger partial charge in [-0.3, -0.25) is 4.98 Å². The minimum Gasteiger partial charge on any atom is -0.384 e. The normalized spacial score (nSPS) is 14.0. The van der Waals surface area contributed by atoms with Gasteiger partial charge in [0.25, 0.3) is 0 Å². The van der Waals surface area contributed by atoms with Gasteiger partial charge in [0.15, 0.2) is 5.82 Å². The minimum atomic E-state index is 0.665. The zero-order chi connectivity index (χ0) is 13.4. The van der Waals surface area contributed by atoms with Crippen molar-refractivity contribution < 1.29 is 0 Å². The standard InChI is InChI=1S/C14H14N6/c1-2-10-8-16-12-6-9(7-13-17-19-20-18-13)3-4-11(12)14(10)15-5-1/h3-4,6,8,15H,1-2,5,7H2,(H,17,18,19,20). The summed E-state index contributed by atoms with van der Waals surface area (Å²) in [6.45, 7) is 1.04. The molecule has 6 nitrogen and oxygen atoms in total. The number of H-pyrrole nitrogens is 1. The predicted octanol–water partition coefficient (Wildman–Crippen LogP) is 1.70. The first-order chi connectivity index (χ1) is 9.90. The largest absolute Gasteiger partial charge is 0.384 e. The number of pyridine rings is 1. The van der Waals surface area contributed by atoms with E-state index in [0.717, 1.165) is 24.0 Å². The molecule has 0 atom stereocenters. The van der Waals surface area contributed by atoms with E-state index in [2.05, 4.69) is 49.1 Å². The molecule has 0 fully saturated rings. The monoisotopic (exact) mass is 266 g/mol. The average molecular weight is 266 g/mol. The van der Waals surface area contributed by atoms with Gasteiger partial charge in [0, 0.05) is 30.2 Å². The van der Waals surface area contributed by atoms with Crippen molar-refractivity contribution in [1.82, 2.24) is 25.6 Å². The number of nitrogens with one attached hydrogen (secondary N) is 2. The summed E-state index contributed by atoms with van der Waals surface area (Å²) in [5.74, 6) is 0.695. The molecule has 0 unspecified atom stereocenters. The maximum absolute atomic E-state index is 4.58. The molecule has 0 radical (unpaired) electrons. The van der Waals surface area contributed by atoms with E-state index in [0.29, 0.717) is 12.2 Å². The van der Waals surface area contributed by atoms with Crippen molar-refractivity contribution in [2.45, 2.75) is 19.3 Å². The SMILES string of the molecule is c1cc2c3c(cnc2cc1Cc1nn[nH]n1)CCCN3. The molecule has 1 aliphatic heterocycles. The number of aryl methyl sites for hydroxylation is 1. The van der Waals surface area contributed by atoms with Crippen molar-refractivity contribution in [2.24, 2.45) is 0 Å². The Hall–Kier alpha value is -2.50. The second-order valence-corrected chi connectivity index (χ2v) is 5.05. The Morgan fingerprint density at radius 3 is 3.15 bits per heavy atom. The van der Waals surface area contributed by atoms with Crippen LogP contribution >= 0.6 is 0 Å². The first-order valence-corrected chi connectivity index (χ1v) is 6.77. The predicted molar refractivity (Wildman–Crippen MR) is 75.5 cm³/mol. The van der Waals surface area contributed by atoms with Crippen LogP contribution in [0.1, 0.15) is 23.4 Å². The summed E-state index contributed by atoms with van der Waals surface area (Å²) in [5.41, 5.74) is 4.71. The highest BCUT2D eigenvalue weighted by Crippen LogP contribution is 2.30. The third-order valence-electron chi connectivity index (χ3n) is 3.69. The second-order valence-electron chi connectivity index (χ2n) is 5.05. The summed E-state index contributed by atoms with van der Waals surface area (Å²) < 4.78 is 0. The first kappa shape index (κ1) is 11.3. The summed E-state index contributed by atoms with van der Waals surface area (Å²) in [6, 6.07) is 6.34. The Kier molecular flexibility index (Phi) is 2.58. The van der Waals surface area contributed by atoms with Gasteiger partial charge in [-0.1, -0.05) is 17.3 Å². The summed E-state index contributed by atoms with van der Waals surface area (Å²) in [5, 5.41) is 18.7. The molecule has 1 aliphatic rings. The molecule has 2 aromatic heterocycles. The lowest BCUT2D eigenvalue weighted by molar-refractivity contribution is 0.829. The first-order valence-electron chi connectivity index (χ1n) is 6.77. The molecule has 1 aromatic carbocycles. The fourth-order valence-corrected chi connectivity index (χ4v) is 2.72. The number of anilines is 1. The Labute approximate surface area is 115 Å². The number of hydrogen-bond donors (Lipinski definition) is 2. The molecule has 2 N–H and O–H groups in total. The molecule has 100 valence electrons. The topological polar surface area (TPSA) is 79.4 Å². The van der Waals surface area contributed by atoms with Crippen molar-refractivity contribution in [3.63, 3.8) is 0 Å². The van der Waals surface area contributed by atoms with Crippen molar-refractivity contribution in [2.75, 3.05) is 11.9 Å². The lowest BCUT2D eigenvalue weighted by Gasteiger charge is -2.19. The molecule has 6 heteroatoms. The molecule has 3 heterocycles. The van der Waals surface area contributed by atoms with E-state index in [1.807, 2.05) is 6.20 Å². The third-order valence-corrected chi connectivity index (χ3v) is 3.69. The lowest BCUT2D eigenvalue weighted by atomic mass is 10.0. The van der Waals surface area contributed by atoms with Crippen LogP contribution in [0.2, 0.25) is 0 Å². The second kappa shape index (κ2) is 4.56. The molecule has 0 saturated carbocycles. The van der Waals surface area contributed by atoms with Crippen molar-refractivity contribution in [3.8, 4) is 0 Å². The molecule has 4 rings (SSSR count). The van der Waals surface area contributed by atoms with Crippen LogP contribution in [0, 0.1) is 0 Å². The molecule has 0 bridgehead atoms. The Morgan fingerprint density at radius 2 is 2.25 bits per heavy atom. The quantitative estimate of drug-likeness (QED) is 0.738. The maximum Gasteiger partial charge on any atom is 0.178 e.